The third-order valence-electron chi connectivity index (χ3n) is 8.63. The quantitative estimate of drug-likeness (QED) is 0.428. The summed E-state index contributed by atoms with van der Waals surface area (Å²) in [6.07, 6.45) is 8.48. The van der Waals surface area contributed by atoms with Crippen molar-refractivity contribution in [1.82, 2.24) is 10.1 Å². The summed E-state index contributed by atoms with van der Waals surface area (Å²) in [5.41, 5.74) is 3.29. The summed E-state index contributed by atoms with van der Waals surface area (Å²) in [6, 6.07) is 5.81. The first-order valence-corrected chi connectivity index (χ1v) is 14.4. The first-order chi connectivity index (χ1) is 18.6. The number of carboxylic acids is 1. The molecule has 7 rings (SSSR count). The number of aromatic carboxylic acids is 1. The molecule has 3 aliphatic heterocycles. The minimum atomic E-state index is -1.03. The summed E-state index contributed by atoms with van der Waals surface area (Å²) in [5, 5.41) is 24.4. The van der Waals surface area contributed by atoms with E-state index in [0.717, 1.165) is 73.0 Å². The Kier molecular flexibility index (Phi) is 6.10. The van der Waals surface area contributed by atoms with Crippen LogP contribution in [0.15, 0.2) is 16.7 Å². The first kappa shape index (κ1) is 24.1. The van der Waals surface area contributed by atoms with E-state index in [-0.39, 0.29) is 11.7 Å². The molecule has 3 saturated heterocycles. The fourth-order valence-electron chi connectivity index (χ4n) is 6.55. The summed E-state index contributed by atoms with van der Waals surface area (Å²) >= 11 is 1.48. The number of rotatable bonds is 7. The molecule has 10 heteroatoms. The van der Waals surface area contributed by atoms with Gasteiger partial charge in [-0.1, -0.05) is 16.5 Å². The molecule has 1 N–H and O–H groups in total. The Hall–Kier alpha value is -3.00. The second-order valence-corrected chi connectivity index (χ2v) is 12.1. The van der Waals surface area contributed by atoms with Crippen LogP contribution in [0.1, 0.15) is 96.1 Å². The van der Waals surface area contributed by atoms with Crippen LogP contribution >= 0.6 is 11.3 Å². The predicted molar refractivity (Wildman–Crippen MR) is 140 cm³/mol. The number of nitriles is 1. The van der Waals surface area contributed by atoms with Gasteiger partial charge in [0.15, 0.2) is 5.13 Å². The topological polar surface area (TPSA) is 122 Å². The summed E-state index contributed by atoms with van der Waals surface area (Å²) < 4.78 is 18.8. The van der Waals surface area contributed by atoms with Gasteiger partial charge in [0.05, 0.1) is 34.2 Å². The first-order valence-electron chi connectivity index (χ1n) is 13.6. The highest BCUT2D eigenvalue weighted by Gasteiger charge is 2.43. The summed E-state index contributed by atoms with van der Waals surface area (Å²) in [5.74, 6) is 0.881. The molecular weight excluding hydrogens is 504 g/mol. The molecule has 2 aromatic heterocycles. The molecule has 3 aromatic rings. The second kappa shape index (κ2) is 9.63. The van der Waals surface area contributed by atoms with E-state index >= 15 is 0 Å². The Labute approximate surface area is 224 Å². The summed E-state index contributed by atoms with van der Waals surface area (Å²) in [6.45, 7) is 2.10. The Morgan fingerprint density at radius 1 is 1.13 bits per heavy atom. The summed E-state index contributed by atoms with van der Waals surface area (Å²) in [4.78, 5) is 18.7. The fraction of sp³-hybridized carbons (Fsp3) is 0.571. The highest BCUT2D eigenvalue weighted by molar-refractivity contribution is 7.22. The van der Waals surface area contributed by atoms with Crippen LogP contribution in [0, 0.1) is 11.3 Å². The standard InChI is InChI=1S/C28H30N4O5S/c29-13-18-9-17(27(33)34)10-23-25(18)30-28(38-23)32-19-3-4-20(32)12-21(11-19)36-14-22-24(15-5-7-35-8-6-15)31-37-26(22)16-1-2-16/h9-10,15-16,19-21H,1-8,11-12,14H2,(H,33,34)/t19-,20+,21?. The van der Waals surface area contributed by atoms with Gasteiger partial charge in [0.1, 0.15) is 17.3 Å². The van der Waals surface area contributed by atoms with Gasteiger partial charge in [-0.25, -0.2) is 9.78 Å². The maximum absolute atomic E-state index is 11.5. The smallest absolute Gasteiger partial charge is 0.335 e. The van der Waals surface area contributed by atoms with Gasteiger partial charge in [-0.15, -0.1) is 0 Å². The van der Waals surface area contributed by atoms with Gasteiger partial charge in [-0.2, -0.15) is 5.26 Å². The SMILES string of the molecule is N#Cc1cc(C(=O)O)cc2sc(N3[C@@H]4CC[C@H]3CC(OCc3c(C5CCOCC5)noc3C3CC3)C4)nc12. The molecule has 9 nitrogen and oxygen atoms in total. The molecule has 1 aromatic carbocycles. The number of fused-ring (bicyclic) bond motifs is 3. The van der Waals surface area contributed by atoms with Gasteiger partial charge in [-0.05, 0) is 63.5 Å². The predicted octanol–water partition coefficient (Wildman–Crippen LogP) is 5.34. The number of carboxylic acid groups (broad SMARTS) is 1. The van der Waals surface area contributed by atoms with Crippen molar-refractivity contribution in [2.75, 3.05) is 18.1 Å². The van der Waals surface area contributed by atoms with E-state index in [2.05, 4.69) is 16.1 Å². The van der Waals surface area contributed by atoms with E-state index in [9.17, 15) is 15.2 Å². The van der Waals surface area contributed by atoms with Crippen molar-refractivity contribution in [2.45, 2.75) is 88.0 Å². The minimum absolute atomic E-state index is 0.124. The molecule has 0 spiro atoms. The number of nitrogens with zero attached hydrogens (tertiary/aromatic N) is 4. The second-order valence-electron chi connectivity index (χ2n) is 11.1. The van der Waals surface area contributed by atoms with Crippen LogP contribution in [-0.2, 0) is 16.1 Å². The molecular formula is C28H30N4O5S. The van der Waals surface area contributed by atoms with E-state index in [4.69, 9.17) is 19.0 Å². The number of piperidine rings is 1. The molecule has 4 fully saturated rings. The molecule has 1 saturated carbocycles. The third-order valence-corrected chi connectivity index (χ3v) is 9.65. The summed E-state index contributed by atoms with van der Waals surface area (Å²) in [7, 11) is 0. The van der Waals surface area contributed by atoms with Crippen molar-refractivity contribution in [3.63, 3.8) is 0 Å². The number of aromatic nitrogens is 2. The molecule has 1 unspecified atom stereocenters. The maximum atomic E-state index is 11.5. The lowest BCUT2D eigenvalue weighted by atomic mass is 9.92. The Balaban J connectivity index is 1.08. The van der Waals surface area contributed by atoms with Gasteiger partial charge in [0, 0.05) is 42.7 Å². The average Bonchev–Trinajstić information content (AvgIpc) is 3.44. The number of hydrogen-bond donors (Lipinski definition) is 1. The van der Waals surface area contributed by atoms with Gasteiger partial charge >= 0.3 is 5.97 Å². The highest BCUT2D eigenvalue weighted by Crippen LogP contribution is 2.46. The van der Waals surface area contributed by atoms with Crippen LogP contribution in [0.3, 0.4) is 0 Å². The Morgan fingerprint density at radius 3 is 2.58 bits per heavy atom. The van der Waals surface area contributed by atoms with E-state index in [1.165, 1.54) is 35.8 Å². The molecule has 0 amide bonds. The largest absolute Gasteiger partial charge is 0.478 e. The van der Waals surface area contributed by atoms with E-state index in [1.54, 1.807) is 6.07 Å². The van der Waals surface area contributed by atoms with Gasteiger partial charge < -0.3 is 24.0 Å². The van der Waals surface area contributed by atoms with Crippen molar-refractivity contribution in [3.8, 4) is 6.07 Å². The lowest BCUT2D eigenvalue weighted by Crippen LogP contribution is -2.45. The van der Waals surface area contributed by atoms with E-state index < -0.39 is 5.97 Å². The molecule has 38 heavy (non-hydrogen) atoms. The highest BCUT2D eigenvalue weighted by atomic mass is 32.1. The number of carbonyl (C=O) groups is 1. The van der Waals surface area contributed by atoms with Crippen molar-refractivity contribution < 1.29 is 23.9 Å². The third kappa shape index (κ3) is 4.27. The van der Waals surface area contributed by atoms with Crippen molar-refractivity contribution in [2.24, 2.45) is 0 Å². The van der Waals surface area contributed by atoms with E-state index in [0.29, 0.717) is 41.6 Å². The molecule has 2 bridgehead atoms. The van der Waals surface area contributed by atoms with Crippen LogP contribution in [0.4, 0.5) is 5.13 Å². The molecule has 5 heterocycles. The van der Waals surface area contributed by atoms with Crippen molar-refractivity contribution in [1.29, 1.82) is 5.26 Å². The molecule has 198 valence electrons. The number of hydrogen-bond acceptors (Lipinski definition) is 9. The van der Waals surface area contributed by atoms with E-state index in [1.807, 2.05) is 0 Å². The van der Waals surface area contributed by atoms with Gasteiger partial charge in [0.25, 0.3) is 0 Å². The number of anilines is 1. The van der Waals surface area contributed by atoms with Crippen molar-refractivity contribution in [3.05, 3.63) is 40.3 Å². The molecule has 3 atom stereocenters. The van der Waals surface area contributed by atoms with Gasteiger partial charge in [0.2, 0.25) is 0 Å². The molecule has 0 radical (unpaired) electrons. The van der Waals surface area contributed by atoms with Gasteiger partial charge in [-0.3, -0.25) is 0 Å². The van der Waals surface area contributed by atoms with Crippen LogP contribution < -0.4 is 4.90 Å². The Bertz CT molecular complexity index is 1400. The molecule has 1 aliphatic carbocycles. The average molecular weight is 535 g/mol. The number of thiazole rings is 1. The molecule has 4 aliphatic rings. The van der Waals surface area contributed by atoms with Crippen LogP contribution in [0.5, 0.6) is 0 Å². The Morgan fingerprint density at radius 2 is 1.89 bits per heavy atom. The monoisotopic (exact) mass is 534 g/mol. The maximum Gasteiger partial charge on any atom is 0.335 e. The zero-order valence-electron chi connectivity index (χ0n) is 21.1. The van der Waals surface area contributed by atoms with Crippen LogP contribution in [0.2, 0.25) is 0 Å². The number of ether oxygens (including phenoxy) is 2. The number of benzene rings is 1. The fourth-order valence-corrected chi connectivity index (χ4v) is 7.73. The van der Waals surface area contributed by atoms with Crippen LogP contribution in [-0.4, -0.2) is 52.6 Å². The zero-order chi connectivity index (χ0) is 25.8. The van der Waals surface area contributed by atoms with Crippen LogP contribution in [0.25, 0.3) is 10.2 Å². The van der Waals surface area contributed by atoms with Crippen molar-refractivity contribution >= 4 is 32.7 Å². The normalized spacial score (nSPS) is 25.7. The lowest BCUT2D eigenvalue weighted by Gasteiger charge is -2.38. The lowest BCUT2D eigenvalue weighted by molar-refractivity contribution is 0.0137. The minimum Gasteiger partial charge on any atom is -0.478 e. The zero-order valence-corrected chi connectivity index (χ0v) is 21.9.